The highest BCUT2D eigenvalue weighted by Crippen LogP contribution is 2.36. The van der Waals surface area contributed by atoms with E-state index in [0.29, 0.717) is 60.8 Å². The third kappa shape index (κ3) is 5.73. The maximum atomic E-state index is 13.9. The van der Waals surface area contributed by atoms with E-state index in [1.54, 1.807) is 50.3 Å². The first-order valence-corrected chi connectivity index (χ1v) is 14.5. The van der Waals surface area contributed by atoms with Gasteiger partial charge < -0.3 is 23.7 Å². The van der Waals surface area contributed by atoms with Crippen LogP contribution in [0, 0.1) is 0 Å². The maximum Gasteiger partial charge on any atom is 0.338 e. The Balaban J connectivity index is 1.65. The zero-order valence-electron chi connectivity index (χ0n) is 23.7. The van der Waals surface area contributed by atoms with E-state index in [2.05, 4.69) is 4.99 Å². The van der Waals surface area contributed by atoms with Crippen molar-refractivity contribution >= 4 is 41.0 Å². The van der Waals surface area contributed by atoms with Crippen molar-refractivity contribution in [2.45, 2.75) is 26.8 Å². The van der Waals surface area contributed by atoms with Gasteiger partial charge in [0.15, 0.2) is 16.3 Å². The van der Waals surface area contributed by atoms with Gasteiger partial charge in [-0.05, 0) is 68.8 Å². The molecule has 2 aromatic carbocycles. The van der Waals surface area contributed by atoms with Gasteiger partial charge in [-0.2, -0.15) is 0 Å². The number of aromatic carboxylic acids is 1. The zero-order valence-corrected chi connectivity index (χ0v) is 25.2. The van der Waals surface area contributed by atoms with Gasteiger partial charge in [0.1, 0.15) is 11.5 Å². The number of carboxylic acid groups (broad SMARTS) is 1. The largest absolute Gasteiger partial charge is 0.493 e. The quantitative estimate of drug-likeness (QED) is 0.263. The first-order chi connectivity index (χ1) is 20.7. The van der Waals surface area contributed by atoms with Gasteiger partial charge in [-0.15, -0.1) is 0 Å². The smallest absolute Gasteiger partial charge is 0.338 e. The fourth-order valence-corrected chi connectivity index (χ4v) is 6.03. The van der Waals surface area contributed by atoms with Gasteiger partial charge in [0.05, 0.1) is 52.8 Å². The molecule has 222 valence electrons. The van der Waals surface area contributed by atoms with E-state index >= 15 is 0 Å². The standard InChI is InChI=1S/C31H27ClN2O8S/c1-5-40-24-14-17(8-11-23(24)39-4)27-26(30(38)41-6-2)16(3)33-31-34(27)28(35)25(43-31)15-19-9-12-22(42-19)20-13-18(29(36)37)7-10-21(20)32/h7-15,27H,5-6H2,1-4H3,(H,36,37). The van der Waals surface area contributed by atoms with Gasteiger partial charge >= 0.3 is 11.9 Å². The molecule has 0 spiro atoms. The number of ether oxygens (including phenoxy) is 3. The number of thiazole rings is 1. The molecule has 4 aromatic rings. The number of furan rings is 1. The van der Waals surface area contributed by atoms with Crippen molar-refractivity contribution in [2.75, 3.05) is 20.3 Å². The molecule has 0 radical (unpaired) electrons. The van der Waals surface area contributed by atoms with Gasteiger partial charge in [-0.25, -0.2) is 14.6 Å². The summed E-state index contributed by atoms with van der Waals surface area (Å²) in [6.45, 7) is 5.80. The number of fused-ring (bicyclic) bond motifs is 1. The van der Waals surface area contributed by atoms with Gasteiger partial charge in [0.2, 0.25) is 0 Å². The number of halogens is 1. The minimum absolute atomic E-state index is 0.0597. The third-order valence-corrected chi connectivity index (χ3v) is 8.01. The summed E-state index contributed by atoms with van der Waals surface area (Å²) in [5, 5.41) is 9.68. The Morgan fingerprint density at radius 1 is 1.12 bits per heavy atom. The van der Waals surface area contributed by atoms with E-state index in [0.717, 1.165) is 11.3 Å². The van der Waals surface area contributed by atoms with E-state index in [1.807, 2.05) is 6.92 Å². The number of carboxylic acids is 1. The molecule has 5 rings (SSSR count). The molecule has 0 aliphatic carbocycles. The predicted molar refractivity (Wildman–Crippen MR) is 161 cm³/mol. The topological polar surface area (TPSA) is 130 Å². The molecule has 12 heteroatoms. The minimum atomic E-state index is -1.09. The summed E-state index contributed by atoms with van der Waals surface area (Å²) in [5.74, 6) is -0.00331. The second kappa shape index (κ2) is 12.3. The molecule has 0 saturated carbocycles. The van der Waals surface area contributed by atoms with Crippen LogP contribution in [0.3, 0.4) is 0 Å². The van der Waals surface area contributed by atoms with E-state index in [1.165, 1.54) is 29.9 Å². The van der Waals surface area contributed by atoms with Gasteiger partial charge in [0, 0.05) is 11.6 Å². The lowest BCUT2D eigenvalue weighted by Gasteiger charge is -2.25. The molecule has 0 saturated heterocycles. The number of benzene rings is 2. The number of esters is 1. The molecular weight excluding hydrogens is 596 g/mol. The molecule has 0 amide bonds. The third-order valence-electron chi connectivity index (χ3n) is 6.70. The highest BCUT2D eigenvalue weighted by atomic mass is 35.5. The van der Waals surface area contributed by atoms with Crippen LogP contribution < -0.4 is 24.4 Å². The molecule has 0 bridgehead atoms. The summed E-state index contributed by atoms with van der Waals surface area (Å²) in [7, 11) is 1.53. The monoisotopic (exact) mass is 622 g/mol. The van der Waals surface area contributed by atoms with E-state index < -0.39 is 18.0 Å². The number of aromatic nitrogens is 1. The molecule has 1 atom stereocenters. The molecule has 3 heterocycles. The molecule has 0 fully saturated rings. The van der Waals surface area contributed by atoms with Crippen LogP contribution in [-0.2, 0) is 9.53 Å². The first-order valence-electron chi connectivity index (χ1n) is 13.3. The van der Waals surface area contributed by atoms with Crippen LogP contribution in [0.25, 0.3) is 17.4 Å². The van der Waals surface area contributed by atoms with Crippen LogP contribution in [0.1, 0.15) is 48.5 Å². The Kier molecular flexibility index (Phi) is 8.56. The number of hydrogen-bond donors (Lipinski definition) is 1. The fourth-order valence-electron chi connectivity index (χ4n) is 4.79. The lowest BCUT2D eigenvalue weighted by atomic mass is 9.95. The summed E-state index contributed by atoms with van der Waals surface area (Å²) in [6.07, 6.45) is 1.57. The average Bonchev–Trinajstić information content (AvgIpc) is 3.56. The number of nitrogens with zero attached hydrogens (tertiary/aromatic N) is 2. The Labute approximate surface area is 254 Å². The molecule has 1 N–H and O–H groups in total. The van der Waals surface area contributed by atoms with Crippen molar-refractivity contribution in [1.29, 1.82) is 0 Å². The minimum Gasteiger partial charge on any atom is -0.493 e. The summed E-state index contributed by atoms with van der Waals surface area (Å²) in [6, 6.07) is 12.0. The summed E-state index contributed by atoms with van der Waals surface area (Å²) in [4.78, 5) is 43.6. The lowest BCUT2D eigenvalue weighted by molar-refractivity contribution is -0.139. The van der Waals surface area contributed by atoms with Gasteiger partial charge in [0.25, 0.3) is 5.56 Å². The van der Waals surface area contributed by atoms with Crippen molar-refractivity contribution in [3.63, 3.8) is 0 Å². The number of carbonyl (C=O) groups is 2. The molecular formula is C31H27ClN2O8S. The van der Waals surface area contributed by atoms with Crippen LogP contribution in [0.5, 0.6) is 11.5 Å². The molecule has 10 nitrogen and oxygen atoms in total. The number of methoxy groups -OCH3 is 1. The van der Waals surface area contributed by atoms with Crippen LogP contribution in [0.4, 0.5) is 0 Å². The summed E-state index contributed by atoms with van der Waals surface area (Å²) >= 11 is 7.46. The van der Waals surface area contributed by atoms with E-state index in [4.69, 9.17) is 30.2 Å². The fraction of sp³-hybridized carbons (Fsp3) is 0.226. The Bertz CT molecular complexity index is 1950. The Morgan fingerprint density at radius 3 is 2.60 bits per heavy atom. The van der Waals surface area contributed by atoms with Crippen molar-refractivity contribution in [3.05, 3.63) is 101 Å². The van der Waals surface area contributed by atoms with Crippen molar-refractivity contribution in [1.82, 2.24) is 4.57 Å². The second-order valence-electron chi connectivity index (χ2n) is 9.35. The lowest BCUT2D eigenvalue weighted by Crippen LogP contribution is -2.39. The van der Waals surface area contributed by atoms with Gasteiger partial charge in [-0.1, -0.05) is 29.0 Å². The molecule has 2 aromatic heterocycles. The Morgan fingerprint density at radius 2 is 1.91 bits per heavy atom. The zero-order chi connectivity index (χ0) is 30.8. The van der Waals surface area contributed by atoms with Crippen LogP contribution in [0.2, 0.25) is 5.02 Å². The summed E-state index contributed by atoms with van der Waals surface area (Å²) < 4.78 is 24.3. The number of rotatable bonds is 9. The van der Waals surface area contributed by atoms with Crippen LogP contribution in [-0.4, -0.2) is 41.9 Å². The SMILES string of the molecule is CCOC(=O)C1=C(C)N=c2sc(=Cc3ccc(-c4cc(C(=O)O)ccc4Cl)o3)c(=O)n2C1c1ccc(OC)c(OCC)c1. The number of allylic oxidation sites excluding steroid dienone is 1. The van der Waals surface area contributed by atoms with Crippen LogP contribution >= 0.6 is 22.9 Å². The maximum absolute atomic E-state index is 13.9. The van der Waals surface area contributed by atoms with Crippen molar-refractivity contribution in [3.8, 4) is 22.8 Å². The predicted octanol–water partition coefficient (Wildman–Crippen LogP) is 4.82. The normalized spacial score (nSPS) is 14.7. The molecule has 1 aliphatic heterocycles. The number of carbonyl (C=O) groups excluding carboxylic acids is 1. The second-order valence-corrected chi connectivity index (χ2v) is 10.8. The average molecular weight is 623 g/mol. The van der Waals surface area contributed by atoms with Crippen molar-refractivity contribution in [2.24, 2.45) is 4.99 Å². The Hall–Kier alpha value is -4.61. The molecule has 1 unspecified atom stereocenters. The van der Waals surface area contributed by atoms with Crippen molar-refractivity contribution < 1.29 is 33.3 Å². The summed E-state index contributed by atoms with van der Waals surface area (Å²) in [5.41, 5.74) is 1.36. The highest BCUT2D eigenvalue weighted by Gasteiger charge is 2.34. The van der Waals surface area contributed by atoms with E-state index in [9.17, 15) is 19.5 Å². The number of hydrogen-bond acceptors (Lipinski definition) is 9. The van der Waals surface area contributed by atoms with Crippen LogP contribution in [0.15, 0.2) is 74.0 Å². The van der Waals surface area contributed by atoms with E-state index in [-0.39, 0.29) is 23.3 Å². The molecule has 1 aliphatic rings. The van der Waals surface area contributed by atoms with Gasteiger partial charge in [-0.3, -0.25) is 9.36 Å². The first kappa shape index (κ1) is 29.9. The molecule has 43 heavy (non-hydrogen) atoms. The highest BCUT2D eigenvalue weighted by molar-refractivity contribution is 7.07.